The second kappa shape index (κ2) is 3.28. The van der Waals surface area contributed by atoms with Crippen molar-refractivity contribution >= 4 is 17.4 Å². The van der Waals surface area contributed by atoms with Gasteiger partial charge in [-0.3, -0.25) is 0 Å². The number of hydrogen-bond donors (Lipinski definition) is 0. The van der Waals surface area contributed by atoms with Gasteiger partial charge in [0, 0.05) is 10.8 Å². The SMILES string of the molecule is CCC1C=CC=Cc2ccsc21. The summed E-state index contributed by atoms with van der Waals surface area (Å²) in [7, 11) is 0. The lowest BCUT2D eigenvalue weighted by Crippen LogP contribution is -1.89. The summed E-state index contributed by atoms with van der Waals surface area (Å²) in [6.07, 6.45) is 9.96. The van der Waals surface area contributed by atoms with E-state index in [9.17, 15) is 0 Å². The minimum absolute atomic E-state index is 0.634. The van der Waals surface area contributed by atoms with Gasteiger partial charge in [-0.05, 0) is 23.4 Å². The Morgan fingerprint density at radius 3 is 3.17 bits per heavy atom. The Bertz CT molecular complexity index is 318. The summed E-state index contributed by atoms with van der Waals surface area (Å²) in [4.78, 5) is 1.52. The molecule has 0 nitrogen and oxygen atoms in total. The second-order valence-corrected chi connectivity index (χ2v) is 3.95. The lowest BCUT2D eigenvalue weighted by molar-refractivity contribution is 0.821. The molecule has 0 aliphatic heterocycles. The molecule has 1 aromatic heterocycles. The standard InChI is InChI=1S/C11H12S/c1-2-9-5-3-4-6-10-7-8-12-11(9)10/h3-9H,2H2,1H3. The van der Waals surface area contributed by atoms with Crippen LogP contribution in [0.2, 0.25) is 0 Å². The minimum Gasteiger partial charge on any atom is -0.148 e. The van der Waals surface area contributed by atoms with Crippen molar-refractivity contribution in [3.05, 3.63) is 40.1 Å². The van der Waals surface area contributed by atoms with Gasteiger partial charge in [-0.2, -0.15) is 0 Å². The van der Waals surface area contributed by atoms with Crippen molar-refractivity contribution in [1.29, 1.82) is 0 Å². The molecule has 0 saturated carbocycles. The molecule has 1 heterocycles. The van der Waals surface area contributed by atoms with Crippen molar-refractivity contribution in [1.82, 2.24) is 0 Å². The van der Waals surface area contributed by atoms with E-state index < -0.39 is 0 Å². The molecule has 1 aliphatic rings. The first-order chi connectivity index (χ1) is 5.92. The van der Waals surface area contributed by atoms with Crippen molar-refractivity contribution in [3.63, 3.8) is 0 Å². The average Bonchev–Trinajstić information content (AvgIpc) is 2.46. The maximum Gasteiger partial charge on any atom is 0.0186 e. The highest BCUT2D eigenvalue weighted by Gasteiger charge is 2.11. The van der Waals surface area contributed by atoms with Crippen LogP contribution in [0.5, 0.6) is 0 Å². The lowest BCUT2D eigenvalue weighted by atomic mass is 10.0. The number of rotatable bonds is 1. The summed E-state index contributed by atoms with van der Waals surface area (Å²) in [5.41, 5.74) is 1.40. The van der Waals surface area contributed by atoms with Crippen LogP contribution in [0.3, 0.4) is 0 Å². The van der Waals surface area contributed by atoms with Gasteiger partial charge in [0.05, 0.1) is 0 Å². The Morgan fingerprint density at radius 1 is 1.42 bits per heavy atom. The molecule has 0 radical (unpaired) electrons. The van der Waals surface area contributed by atoms with E-state index in [0.29, 0.717) is 5.92 Å². The maximum absolute atomic E-state index is 2.29. The van der Waals surface area contributed by atoms with E-state index in [2.05, 4.69) is 42.7 Å². The summed E-state index contributed by atoms with van der Waals surface area (Å²) in [5, 5.41) is 2.18. The highest BCUT2D eigenvalue weighted by Crippen LogP contribution is 2.32. The molecule has 0 N–H and O–H groups in total. The Morgan fingerprint density at radius 2 is 2.33 bits per heavy atom. The fraction of sp³-hybridized carbons (Fsp3) is 0.273. The summed E-state index contributed by atoms with van der Waals surface area (Å²) >= 11 is 1.87. The van der Waals surface area contributed by atoms with E-state index in [1.165, 1.54) is 16.9 Å². The predicted molar refractivity (Wildman–Crippen MR) is 55.5 cm³/mol. The van der Waals surface area contributed by atoms with Gasteiger partial charge in [-0.25, -0.2) is 0 Å². The van der Waals surface area contributed by atoms with Gasteiger partial charge in [-0.15, -0.1) is 11.3 Å². The van der Waals surface area contributed by atoms with Gasteiger partial charge in [0.2, 0.25) is 0 Å². The Kier molecular flexibility index (Phi) is 2.13. The highest BCUT2D eigenvalue weighted by molar-refractivity contribution is 7.10. The van der Waals surface area contributed by atoms with Crippen LogP contribution in [-0.4, -0.2) is 0 Å². The first-order valence-corrected chi connectivity index (χ1v) is 5.22. The average molecular weight is 176 g/mol. The molecular weight excluding hydrogens is 164 g/mol. The largest absolute Gasteiger partial charge is 0.148 e. The molecule has 0 spiro atoms. The molecule has 12 heavy (non-hydrogen) atoms. The number of thiophene rings is 1. The van der Waals surface area contributed by atoms with Crippen molar-refractivity contribution in [3.8, 4) is 0 Å². The first-order valence-electron chi connectivity index (χ1n) is 4.34. The zero-order valence-corrected chi connectivity index (χ0v) is 7.97. The van der Waals surface area contributed by atoms with E-state index in [4.69, 9.17) is 0 Å². The molecule has 0 amide bonds. The summed E-state index contributed by atoms with van der Waals surface area (Å²) in [5.74, 6) is 0.634. The summed E-state index contributed by atoms with van der Waals surface area (Å²) < 4.78 is 0. The minimum atomic E-state index is 0.634. The van der Waals surface area contributed by atoms with E-state index in [1.807, 2.05) is 11.3 Å². The molecule has 62 valence electrons. The summed E-state index contributed by atoms with van der Waals surface area (Å²) in [6, 6.07) is 2.20. The van der Waals surface area contributed by atoms with Gasteiger partial charge in [-0.1, -0.05) is 31.2 Å². The van der Waals surface area contributed by atoms with Gasteiger partial charge >= 0.3 is 0 Å². The number of allylic oxidation sites excluding steroid dienone is 3. The topological polar surface area (TPSA) is 0 Å². The Balaban J connectivity index is 2.45. The van der Waals surface area contributed by atoms with Crippen LogP contribution in [-0.2, 0) is 0 Å². The van der Waals surface area contributed by atoms with Crippen LogP contribution in [0.1, 0.15) is 29.7 Å². The van der Waals surface area contributed by atoms with Gasteiger partial charge in [0.15, 0.2) is 0 Å². The van der Waals surface area contributed by atoms with Crippen LogP contribution in [0, 0.1) is 0 Å². The van der Waals surface area contributed by atoms with Gasteiger partial charge in [0.1, 0.15) is 0 Å². The van der Waals surface area contributed by atoms with E-state index in [-0.39, 0.29) is 0 Å². The van der Waals surface area contributed by atoms with Crippen molar-refractivity contribution < 1.29 is 0 Å². The maximum atomic E-state index is 2.29. The van der Waals surface area contributed by atoms with E-state index >= 15 is 0 Å². The third kappa shape index (κ3) is 1.25. The number of hydrogen-bond acceptors (Lipinski definition) is 1. The van der Waals surface area contributed by atoms with E-state index in [0.717, 1.165) is 0 Å². The van der Waals surface area contributed by atoms with Crippen LogP contribution in [0.15, 0.2) is 29.7 Å². The van der Waals surface area contributed by atoms with Gasteiger partial charge in [0.25, 0.3) is 0 Å². The van der Waals surface area contributed by atoms with Crippen molar-refractivity contribution in [2.24, 2.45) is 0 Å². The van der Waals surface area contributed by atoms with Crippen LogP contribution in [0.4, 0.5) is 0 Å². The van der Waals surface area contributed by atoms with Crippen LogP contribution in [0.25, 0.3) is 6.08 Å². The molecule has 1 heteroatoms. The highest BCUT2D eigenvalue weighted by atomic mass is 32.1. The molecule has 0 aromatic carbocycles. The molecule has 1 atom stereocenters. The van der Waals surface area contributed by atoms with Crippen molar-refractivity contribution in [2.45, 2.75) is 19.3 Å². The summed E-state index contributed by atoms with van der Waals surface area (Å²) in [6.45, 7) is 2.24. The molecule has 2 rings (SSSR count). The quantitative estimate of drug-likeness (QED) is 0.610. The van der Waals surface area contributed by atoms with Crippen molar-refractivity contribution in [2.75, 3.05) is 0 Å². The van der Waals surface area contributed by atoms with Gasteiger partial charge < -0.3 is 0 Å². The third-order valence-electron chi connectivity index (χ3n) is 2.23. The smallest absolute Gasteiger partial charge is 0.0186 e. The fourth-order valence-corrected chi connectivity index (χ4v) is 2.59. The lowest BCUT2D eigenvalue weighted by Gasteiger charge is -2.07. The predicted octanol–water partition coefficient (Wildman–Crippen LogP) is 3.82. The fourth-order valence-electron chi connectivity index (χ4n) is 1.54. The molecule has 1 unspecified atom stereocenters. The Labute approximate surface area is 77.2 Å². The zero-order valence-electron chi connectivity index (χ0n) is 7.16. The van der Waals surface area contributed by atoms with Crippen LogP contribution < -0.4 is 0 Å². The molecular formula is C11H12S. The molecule has 1 aliphatic carbocycles. The zero-order chi connectivity index (χ0) is 8.39. The number of fused-ring (bicyclic) bond motifs is 1. The second-order valence-electron chi connectivity index (χ2n) is 3.00. The Hall–Kier alpha value is -0.820. The molecule has 0 saturated heterocycles. The monoisotopic (exact) mass is 176 g/mol. The first kappa shape index (κ1) is 7.81. The normalized spacial score (nSPS) is 20.6. The molecule has 0 fully saturated rings. The van der Waals surface area contributed by atoms with E-state index in [1.54, 1.807) is 0 Å². The molecule has 0 bridgehead atoms. The van der Waals surface area contributed by atoms with Crippen LogP contribution >= 0.6 is 11.3 Å². The third-order valence-corrected chi connectivity index (χ3v) is 3.30. The molecule has 1 aromatic rings.